The Kier molecular flexibility index (Phi) is 4.76. The van der Waals surface area contributed by atoms with Crippen molar-refractivity contribution < 1.29 is 4.79 Å². The minimum atomic E-state index is -0.278. The van der Waals surface area contributed by atoms with Gasteiger partial charge < -0.3 is 16.0 Å². The number of nitrogens with zero attached hydrogens (tertiary/aromatic N) is 4. The summed E-state index contributed by atoms with van der Waals surface area (Å²) in [6.07, 6.45) is 1.47. The van der Waals surface area contributed by atoms with Gasteiger partial charge in [0.25, 0.3) is 5.91 Å². The fraction of sp³-hybridized carbons (Fsp3) is 0.286. The largest absolute Gasteiger partial charge is 0.321 e. The van der Waals surface area contributed by atoms with Crippen LogP contribution in [0.15, 0.2) is 46.8 Å². The van der Waals surface area contributed by atoms with E-state index in [9.17, 15) is 4.79 Å². The second-order valence-corrected chi connectivity index (χ2v) is 8.96. The lowest BCUT2D eigenvalue weighted by Crippen LogP contribution is -2.35. The molecule has 0 bridgehead atoms. The average molecular weight is 409 g/mol. The topological polar surface area (TPSA) is 88.5 Å². The highest BCUT2D eigenvalue weighted by Crippen LogP contribution is 2.37. The molecule has 0 saturated heterocycles. The molecule has 3 heterocycles. The maximum absolute atomic E-state index is 12.7. The van der Waals surface area contributed by atoms with Crippen LogP contribution in [0.3, 0.4) is 0 Å². The van der Waals surface area contributed by atoms with Crippen molar-refractivity contribution >= 4 is 40.0 Å². The van der Waals surface area contributed by atoms with Crippen LogP contribution in [-0.4, -0.2) is 22.0 Å². The number of fused-ring (bicyclic) bond motifs is 1. The summed E-state index contributed by atoms with van der Waals surface area (Å²) < 4.78 is 1.62. The second kappa shape index (κ2) is 7.13. The molecule has 1 atom stereocenters. The summed E-state index contributed by atoms with van der Waals surface area (Å²) in [5.74, 6) is -0.192. The number of amides is 1. The van der Waals surface area contributed by atoms with Crippen LogP contribution in [0.4, 0.5) is 16.4 Å². The average Bonchev–Trinajstić information content (AvgIpc) is 3.29. The van der Waals surface area contributed by atoms with Crippen molar-refractivity contribution in [2.75, 3.05) is 10.2 Å². The molecule has 1 amide bonds. The normalized spacial score (nSPS) is 16.0. The summed E-state index contributed by atoms with van der Waals surface area (Å²) >= 11 is 1.58. The van der Waals surface area contributed by atoms with Gasteiger partial charge in [-0.1, -0.05) is 20.8 Å². The molecule has 3 aromatic rings. The van der Waals surface area contributed by atoms with Crippen molar-refractivity contribution in [2.24, 2.45) is 17.8 Å². The molecule has 7 nitrogen and oxygen atoms in total. The van der Waals surface area contributed by atoms with Crippen LogP contribution >= 0.6 is 11.3 Å². The van der Waals surface area contributed by atoms with Crippen molar-refractivity contribution in [1.29, 1.82) is 0 Å². The molecular weight excluding hydrogens is 384 g/mol. The zero-order chi connectivity index (χ0) is 20.8. The van der Waals surface area contributed by atoms with E-state index in [1.54, 1.807) is 29.4 Å². The number of aromatic nitrogens is 2. The van der Waals surface area contributed by atoms with Crippen molar-refractivity contribution in [2.45, 2.75) is 32.4 Å². The van der Waals surface area contributed by atoms with Gasteiger partial charge in [-0.15, -0.1) is 11.3 Å². The number of hydrogen-bond donors (Lipinski definition) is 2. The lowest BCUT2D eigenvalue weighted by Gasteiger charge is -2.29. The molecule has 150 valence electrons. The van der Waals surface area contributed by atoms with Crippen LogP contribution in [0, 0.1) is 0 Å². The number of aryl methyl sites for hydroxylation is 1. The van der Waals surface area contributed by atoms with E-state index in [1.807, 2.05) is 46.7 Å². The maximum atomic E-state index is 12.7. The number of anilines is 2. The standard InChI is InChI=1S/C21H24N6OS/c1-21(2,3)17-11-16(26(4)25-17)19(28)24-13-5-7-14(8-6-13)27-12-23-20-15(18(27)22)9-10-29-20/h5-12,18H,22H2,1-4H3,(H,24,28). The van der Waals surface area contributed by atoms with E-state index in [2.05, 4.69) is 36.2 Å². The fourth-order valence-electron chi connectivity index (χ4n) is 3.16. The lowest BCUT2D eigenvalue weighted by atomic mass is 9.92. The zero-order valence-corrected chi connectivity index (χ0v) is 17.7. The maximum Gasteiger partial charge on any atom is 0.273 e. The predicted molar refractivity (Wildman–Crippen MR) is 118 cm³/mol. The minimum Gasteiger partial charge on any atom is -0.321 e. The van der Waals surface area contributed by atoms with E-state index in [0.29, 0.717) is 11.4 Å². The molecule has 4 rings (SSSR count). The van der Waals surface area contributed by atoms with Crippen LogP contribution in [0.1, 0.15) is 48.7 Å². The first-order chi connectivity index (χ1) is 13.7. The Bertz CT molecular complexity index is 1070. The van der Waals surface area contributed by atoms with Gasteiger partial charge in [-0.3, -0.25) is 9.48 Å². The summed E-state index contributed by atoms with van der Waals surface area (Å²) in [7, 11) is 1.78. The predicted octanol–water partition coefficient (Wildman–Crippen LogP) is 4.17. The molecular formula is C21H24N6OS. The zero-order valence-electron chi connectivity index (χ0n) is 16.9. The molecule has 3 N–H and O–H groups in total. The molecule has 0 saturated carbocycles. The second-order valence-electron chi connectivity index (χ2n) is 8.07. The molecule has 0 spiro atoms. The van der Waals surface area contributed by atoms with Crippen LogP contribution in [-0.2, 0) is 12.5 Å². The van der Waals surface area contributed by atoms with Gasteiger partial charge in [0.15, 0.2) is 0 Å². The Balaban J connectivity index is 1.49. The molecule has 0 radical (unpaired) electrons. The number of nitrogens with two attached hydrogens (primary N) is 1. The molecule has 8 heteroatoms. The Morgan fingerprint density at radius 2 is 1.93 bits per heavy atom. The van der Waals surface area contributed by atoms with E-state index in [-0.39, 0.29) is 17.5 Å². The molecule has 1 aliphatic heterocycles. The van der Waals surface area contributed by atoms with Crippen molar-refractivity contribution in [3.05, 3.63) is 58.7 Å². The Morgan fingerprint density at radius 1 is 1.21 bits per heavy atom. The molecule has 29 heavy (non-hydrogen) atoms. The van der Waals surface area contributed by atoms with E-state index in [1.165, 1.54) is 0 Å². The number of hydrogen-bond acceptors (Lipinski definition) is 6. The molecule has 1 unspecified atom stereocenters. The van der Waals surface area contributed by atoms with Crippen LogP contribution in [0.25, 0.3) is 0 Å². The number of benzene rings is 1. The van der Waals surface area contributed by atoms with Gasteiger partial charge in [-0.05, 0) is 41.8 Å². The number of rotatable bonds is 3. The van der Waals surface area contributed by atoms with Crippen LogP contribution < -0.4 is 16.0 Å². The van der Waals surface area contributed by atoms with Gasteiger partial charge in [0, 0.05) is 29.4 Å². The Morgan fingerprint density at radius 3 is 2.59 bits per heavy atom. The molecule has 1 aliphatic rings. The first-order valence-electron chi connectivity index (χ1n) is 9.35. The van der Waals surface area contributed by atoms with Gasteiger partial charge >= 0.3 is 0 Å². The van der Waals surface area contributed by atoms with Crippen LogP contribution in [0.2, 0.25) is 0 Å². The van der Waals surface area contributed by atoms with Gasteiger partial charge in [0.1, 0.15) is 16.9 Å². The van der Waals surface area contributed by atoms with E-state index >= 15 is 0 Å². The third-order valence-electron chi connectivity index (χ3n) is 4.90. The number of carbonyl (C=O) groups excluding carboxylic acids is 1. The smallest absolute Gasteiger partial charge is 0.273 e. The number of aliphatic imine (C=N–C) groups is 1. The van der Waals surface area contributed by atoms with E-state index < -0.39 is 0 Å². The number of nitrogens with one attached hydrogen (secondary N) is 1. The highest BCUT2D eigenvalue weighted by Gasteiger charge is 2.24. The summed E-state index contributed by atoms with van der Waals surface area (Å²) in [6, 6.07) is 11.4. The van der Waals surface area contributed by atoms with Crippen LogP contribution in [0.5, 0.6) is 0 Å². The summed E-state index contributed by atoms with van der Waals surface area (Å²) in [5.41, 5.74) is 10.3. The van der Waals surface area contributed by atoms with E-state index in [0.717, 1.165) is 21.9 Å². The first kappa shape index (κ1) is 19.4. The summed E-state index contributed by atoms with van der Waals surface area (Å²) in [5, 5.41) is 10.3. The quantitative estimate of drug-likeness (QED) is 0.681. The minimum absolute atomic E-state index is 0.116. The third kappa shape index (κ3) is 3.68. The monoisotopic (exact) mass is 408 g/mol. The lowest BCUT2D eigenvalue weighted by molar-refractivity contribution is 0.101. The summed E-state index contributed by atoms with van der Waals surface area (Å²) in [4.78, 5) is 19.1. The van der Waals surface area contributed by atoms with E-state index in [4.69, 9.17) is 5.73 Å². The van der Waals surface area contributed by atoms with Gasteiger partial charge in [-0.25, -0.2) is 4.99 Å². The molecule has 0 aliphatic carbocycles. The Hall–Kier alpha value is -2.97. The molecule has 1 aromatic carbocycles. The van der Waals surface area contributed by atoms with Crippen molar-refractivity contribution in [3.63, 3.8) is 0 Å². The summed E-state index contributed by atoms with van der Waals surface area (Å²) in [6.45, 7) is 6.22. The molecule has 0 fully saturated rings. The number of carbonyl (C=O) groups is 1. The Labute approximate surface area is 173 Å². The third-order valence-corrected chi connectivity index (χ3v) is 5.73. The van der Waals surface area contributed by atoms with Gasteiger partial charge in [0.2, 0.25) is 0 Å². The van der Waals surface area contributed by atoms with Crippen molar-refractivity contribution in [1.82, 2.24) is 9.78 Å². The fourth-order valence-corrected chi connectivity index (χ4v) is 3.94. The number of thiophene rings is 1. The first-order valence-corrected chi connectivity index (χ1v) is 10.2. The molecule has 2 aromatic heterocycles. The highest BCUT2D eigenvalue weighted by molar-refractivity contribution is 7.14. The SMILES string of the molecule is Cn1nc(C(C)(C)C)cc1C(=O)Nc1ccc(N2C=Nc3sccc3C2N)cc1. The van der Waals surface area contributed by atoms with Gasteiger partial charge in [0.05, 0.1) is 12.0 Å². The highest BCUT2D eigenvalue weighted by atomic mass is 32.1. The van der Waals surface area contributed by atoms with Gasteiger partial charge in [-0.2, -0.15) is 5.10 Å². The van der Waals surface area contributed by atoms with Crippen molar-refractivity contribution in [3.8, 4) is 0 Å².